The van der Waals surface area contributed by atoms with Gasteiger partial charge in [-0.15, -0.1) is 0 Å². The second kappa shape index (κ2) is 12.5. The number of esters is 1. The Morgan fingerprint density at radius 3 is 2.68 bits per heavy atom. The predicted molar refractivity (Wildman–Crippen MR) is 140 cm³/mol. The Balaban J connectivity index is 1.55. The molecule has 0 amide bonds. The molecule has 0 saturated carbocycles. The van der Waals surface area contributed by atoms with Crippen LogP contribution in [0.15, 0.2) is 48.7 Å². The fourth-order valence-corrected chi connectivity index (χ4v) is 4.47. The molecular formula is C29H34FN3O4. The molecule has 1 aliphatic rings. The van der Waals surface area contributed by atoms with Crippen molar-refractivity contribution in [1.82, 2.24) is 9.97 Å². The fourth-order valence-electron chi connectivity index (χ4n) is 4.47. The number of nitrogens with zero attached hydrogens (tertiary/aromatic N) is 3. The van der Waals surface area contributed by atoms with Crippen LogP contribution < -0.4 is 14.4 Å². The Labute approximate surface area is 217 Å². The molecule has 7 nitrogen and oxygen atoms in total. The van der Waals surface area contributed by atoms with Crippen LogP contribution in [0.3, 0.4) is 0 Å². The molecule has 4 rings (SSSR count). The second-order valence-corrected chi connectivity index (χ2v) is 9.20. The van der Waals surface area contributed by atoms with E-state index < -0.39 is 0 Å². The van der Waals surface area contributed by atoms with Crippen molar-refractivity contribution in [2.75, 3.05) is 31.7 Å². The van der Waals surface area contributed by atoms with Crippen LogP contribution in [0.1, 0.15) is 56.7 Å². The summed E-state index contributed by atoms with van der Waals surface area (Å²) < 4.78 is 31.3. The molecule has 2 aromatic carbocycles. The van der Waals surface area contributed by atoms with Crippen molar-refractivity contribution in [3.8, 4) is 22.8 Å². The van der Waals surface area contributed by atoms with E-state index in [1.165, 1.54) is 12.5 Å². The van der Waals surface area contributed by atoms with E-state index in [0.717, 1.165) is 31.5 Å². The zero-order valence-corrected chi connectivity index (χ0v) is 21.7. The Hall–Kier alpha value is -3.68. The standard InChI is InChI=1S/C29H34FN3O4/c1-4-36-27(34)15-20(2)21-9-8-10-24(16-21)37-19-22-18-31-28(25-17-23(35-3)11-12-26(25)30)29(32-22)33-13-6-5-7-14-33/h8-12,16-18,20H,4-7,13-15,19H2,1-3H3/t20-/m1/s1. The average Bonchev–Trinajstić information content (AvgIpc) is 2.93. The van der Waals surface area contributed by atoms with Gasteiger partial charge in [0.15, 0.2) is 5.82 Å². The minimum Gasteiger partial charge on any atom is -0.497 e. The first-order chi connectivity index (χ1) is 18.0. The molecule has 0 unspecified atom stereocenters. The average molecular weight is 508 g/mol. The normalized spacial score (nSPS) is 14.2. The van der Waals surface area contributed by atoms with Gasteiger partial charge >= 0.3 is 5.97 Å². The number of rotatable bonds is 10. The SMILES string of the molecule is CCOC(=O)C[C@@H](C)c1cccc(OCc2cnc(-c3cc(OC)ccc3F)c(N3CCCCC3)n2)c1. The zero-order chi connectivity index (χ0) is 26.2. The third-order valence-corrected chi connectivity index (χ3v) is 6.48. The monoisotopic (exact) mass is 507 g/mol. The van der Waals surface area contributed by atoms with Gasteiger partial charge in [-0.3, -0.25) is 9.78 Å². The number of carbonyl (C=O) groups is 1. The number of anilines is 1. The first-order valence-corrected chi connectivity index (χ1v) is 12.8. The van der Waals surface area contributed by atoms with Crippen molar-refractivity contribution in [2.45, 2.75) is 52.1 Å². The Kier molecular flexibility index (Phi) is 8.93. The summed E-state index contributed by atoms with van der Waals surface area (Å²) in [7, 11) is 1.56. The highest BCUT2D eigenvalue weighted by Gasteiger charge is 2.22. The van der Waals surface area contributed by atoms with Crippen molar-refractivity contribution in [1.29, 1.82) is 0 Å². The molecule has 37 heavy (non-hydrogen) atoms. The lowest BCUT2D eigenvalue weighted by Crippen LogP contribution is -2.31. The number of piperidine rings is 1. The van der Waals surface area contributed by atoms with E-state index in [1.54, 1.807) is 32.4 Å². The Morgan fingerprint density at radius 2 is 1.92 bits per heavy atom. The summed E-state index contributed by atoms with van der Waals surface area (Å²) in [5.41, 5.74) is 2.51. The van der Waals surface area contributed by atoms with Crippen LogP contribution in [0.4, 0.5) is 10.2 Å². The van der Waals surface area contributed by atoms with Crippen LogP contribution in [0.5, 0.6) is 11.5 Å². The topological polar surface area (TPSA) is 73.8 Å². The number of hydrogen-bond donors (Lipinski definition) is 0. The van der Waals surface area contributed by atoms with Crippen molar-refractivity contribution in [3.05, 3.63) is 65.7 Å². The molecule has 0 radical (unpaired) electrons. The van der Waals surface area contributed by atoms with Gasteiger partial charge < -0.3 is 19.1 Å². The molecular weight excluding hydrogens is 473 g/mol. The van der Waals surface area contributed by atoms with Gasteiger partial charge in [0, 0.05) is 18.7 Å². The molecule has 0 bridgehead atoms. The maximum atomic E-state index is 14.8. The summed E-state index contributed by atoms with van der Waals surface area (Å²) in [6.07, 6.45) is 5.22. The molecule has 1 atom stereocenters. The maximum Gasteiger partial charge on any atom is 0.306 e. The summed E-state index contributed by atoms with van der Waals surface area (Å²) in [5.74, 6) is 1.32. The largest absolute Gasteiger partial charge is 0.497 e. The van der Waals surface area contributed by atoms with Crippen LogP contribution in [0.25, 0.3) is 11.3 Å². The number of ether oxygens (including phenoxy) is 3. The zero-order valence-electron chi connectivity index (χ0n) is 21.7. The van der Waals surface area contributed by atoms with Gasteiger partial charge in [0.05, 0.1) is 32.0 Å². The van der Waals surface area contributed by atoms with Crippen LogP contribution in [0.2, 0.25) is 0 Å². The minimum atomic E-state index is -0.369. The maximum absolute atomic E-state index is 14.8. The number of carbonyl (C=O) groups excluding carboxylic acids is 1. The van der Waals surface area contributed by atoms with E-state index in [0.29, 0.717) is 47.3 Å². The molecule has 8 heteroatoms. The molecule has 1 saturated heterocycles. The van der Waals surface area contributed by atoms with E-state index in [1.807, 2.05) is 31.2 Å². The summed E-state index contributed by atoms with van der Waals surface area (Å²) in [5, 5.41) is 0. The highest BCUT2D eigenvalue weighted by molar-refractivity contribution is 5.74. The van der Waals surface area contributed by atoms with Crippen molar-refractivity contribution >= 4 is 11.8 Å². The van der Waals surface area contributed by atoms with Gasteiger partial charge in [-0.1, -0.05) is 19.1 Å². The van der Waals surface area contributed by atoms with E-state index >= 15 is 0 Å². The fraction of sp³-hybridized carbons (Fsp3) is 0.414. The molecule has 0 aliphatic carbocycles. The lowest BCUT2D eigenvalue weighted by molar-refractivity contribution is -0.143. The smallest absolute Gasteiger partial charge is 0.306 e. The first kappa shape index (κ1) is 26.4. The molecule has 0 N–H and O–H groups in total. The quantitative estimate of drug-likeness (QED) is 0.316. The molecule has 1 aromatic heterocycles. The highest BCUT2D eigenvalue weighted by Crippen LogP contribution is 2.33. The van der Waals surface area contributed by atoms with Gasteiger partial charge in [-0.2, -0.15) is 0 Å². The molecule has 2 heterocycles. The van der Waals surface area contributed by atoms with Crippen molar-refractivity contribution < 1.29 is 23.4 Å². The molecule has 3 aromatic rings. The Bertz CT molecular complexity index is 1210. The van der Waals surface area contributed by atoms with Crippen LogP contribution >= 0.6 is 0 Å². The van der Waals surface area contributed by atoms with Gasteiger partial charge in [-0.25, -0.2) is 9.37 Å². The predicted octanol–water partition coefficient (Wildman–Crippen LogP) is 5.92. The van der Waals surface area contributed by atoms with Crippen LogP contribution in [0, 0.1) is 5.82 Å². The van der Waals surface area contributed by atoms with E-state index in [2.05, 4.69) is 9.88 Å². The summed E-state index contributed by atoms with van der Waals surface area (Å²) in [4.78, 5) is 23.6. The summed E-state index contributed by atoms with van der Waals surface area (Å²) >= 11 is 0. The highest BCUT2D eigenvalue weighted by atomic mass is 19.1. The van der Waals surface area contributed by atoms with E-state index in [4.69, 9.17) is 19.2 Å². The number of halogens is 1. The van der Waals surface area contributed by atoms with Gasteiger partial charge in [-0.05, 0) is 68.0 Å². The van der Waals surface area contributed by atoms with E-state index in [-0.39, 0.29) is 24.3 Å². The van der Waals surface area contributed by atoms with Crippen molar-refractivity contribution in [2.24, 2.45) is 0 Å². The van der Waals surface area contributed by atoms with Crippen LogP contribution in [-0.4, -0.2) is 42.7 Å². The molecule has 0 spiro atoms. The molecule has 1 aliphatic heterocycles. The van der Waals surface area contributed by atoms with Crippen LogP contribution in [-0.2, 0) is 16.1 Å². The number of aromatic nitrogens is 2. The molecule has 1 fully saturated rings. The Morgan fingerprint density at radius 1 is 1.11 bits per heavy atom. The van der Waals surface area contributed by atoms with E-state index in [9.17, 15) is 9.18 Å². The number of methoxy groups -OCH3 is 1. The lowest BCUT2D eigenvalue weighted by atomic mass is 9.98. The second-order valence-electron chi connectivity index (χ2n) is 9.20. The minimum absolute atomic E-state index is 0.00476. The first-order valence-electron chi connectivity index (χ1n) is 12.8. The van der Waals surface area contributed by atoms with Gasteiger partial charge in [0.2, 0.25) is 0 Å². The number of benzene rings is 2. The summed E-state index contributed by atoms with van der Waals surface area (Å²) in [6, 6.07) is 12.3. The van der Waals surface area contributed by atoms with Gasteiger partial charge in [0.1, 0.15) is 29.6 Å². The van der Waals surface area contributed by atoms with Gasteiger partial charge in [0.25, 0.3) is 0 Å². The summed E-state index contributed by atoms with van der Waals surface area (Å²) in [6.45, 7) is 6.07. The third kappa shape index (κ3) is 6.76. The number of hydrogen-bond acceptors (Lipinski definition) is 7. The van der Waals surface area contributed by atoms with Crippen molar-refractivity contribution in [3.63, 3.8) is 0 Å². The third-order valence-electron chi connectivity index (χ3n) is 6.48. The molecule has 196 valence electrons. The lowest BCUT2D eigenvalue weighted by Gasteiger charge is -2.29.